The maximum Gasteiger partial charge on any atom is 0.307 e. The topological polar surface area (TPSA) is 94.9 Å². The van der Waals surface area contributed by atoms with Crippen LogP contribution >= 0.6 is 0 Å². The van der Waals surface area contributed by atoms with Crippen LogP contribution in [0.15, 0.2) is 0 Å². The van der Waals surface area contributed by atoms with E-state index in [1.165, 1.54) is 6.92 Å². The third kappa shape index (κ3) is 10.2. The van der Waals surface area contributed by atoms with Crippen LogP contribution in [0, 0.1) is 5.92 Å². The van der Waals surface area contributed by atoms with Gasteiger partial charge in [-0.15, -0.1) is 0 Å². The summed E-state index contributed by atoms with van der Waals surface area (Å²) in [7, 11) is 0. The minimum atomic E-state index is -0.876. The van der Waals surface area contributed by atoms with E-state index < -0.39 is 17.9 Å². The molecule has 0 radical (unpaired) electrons. The van der Waals surface area contributed by atoms with Crippen LogP contribution in [-0.4, -0.2) is 52.5 Å². The molecule has 1 unspecified atom stereocenters. The van der Waals surface area contributed by atoms with E-state index in [2.05, 4.69) is 0 Å². The molecule has 0 rings (SSSR count). The standard InChI is InChI=1S/C13H23NO5/c1-10(13(18)19)8-14(9-11(2)15)7-5-3-4-6-12(16)17/h10H,3-9H2,1-2H3,(H,16,17)(H,18,19). The summed E-state index contributed by atoms with van der Waals surface area (Å²) in [6.07, 6.45) is 2.30. The molecular weight excluding hydrogens is 250 g/mol. The number of Topliss-reactive ketones (excluding diaryl/α,β-unsaturated/α-hetero) is 1. The molecule has 0 aromatic heterocycles. The maximum absolute atomic E-state index is 11.1. The lowest BCUT2D eigenvalue weighted by molar-refractivity contribution is -0.142. The lowest BCUT2D eigenvalue weighted by atomic mass is 10.1. The quantitative estimate of drug-likeness (QED) is 0.550. The summed E-state index contributed by atoms with van der Waals surface area (Å²) < 4.78 is 0. The molecule has 0 saturated carbocycles. The number of aliphatic carboxylic acids is 2. The van der Waals surface area contributed by atoms with E-state index in [0.29, 0.717) is 19.5 Å². The van der Waals surface area contributed by atoms with Crippen LogP contribution in [0.5, 0.6) is 0 Å². The fourth-order valence-electron chi connectivity index (χ4n) is 1.80. The molecule has 1 atom stereocenters. The lowest BCUT2D eigenvalue weighted by Crippen LogP contribution is -2.35. The molecule has 6 nitrogen and oxygen atoms in total. The van der Waals surface area contributed by atoms with Gasteiger partial charge >= 0.3 is 11.9 Å². The van der Waals surface area contributed by atoms with Crippen molar-refractivity contribution in [3.05, 3.63) is 0 Å². The fourth-order valence-corrected chi connectivity index (χ4v) is 1.80. The number of unbranched alkanes of at least 4 members (excludes halogenated alkanes) is 2. The van der Waals surface area contributed by atoms with E-state index in [-0.39, 0.29) is 18.7 Å². The molecule has 110 valence electrons. The Labute approximate surface area is 113 Å². The second kappa shape index (κ2) is 9.49. The van der Waals surface area contributed by atoms with E-state index in [9.17, 15) is 14.4 Å². The van der Waals surface area contributed by atoms with Gasteiger partial charge in [0.15, 0.2) is 0 Å². The maximum atomic E-state index is 11.1. The van der Waals surface area contributed by atoms with E-state index in [0.717, 1.165) is 12.8 Å². The monoisotopic (exact) mass is 273 g/mol. The van der Waals surface area contributed by atoms with E-state index in [1.807, 2.05) is 4.90 Å². The summed E-state index contributed by atoms with van der Waals surface area (Å²) in [5.41, 5.74) is 0. The smallest absolute Gasteiger partial charge is 0.307 e. The normalized spacial score (nSPS) is 12.4. The highest BCUT2D eigenvalue weighted by Gasteiger charge is 2.16. The average Bonchev–Trinajstić information content (AvgIpc) is 2.26. The summed E-state index contributed by atoms with van der Waals surface area (Å²) in [4.78, 5) is 34.1. The Morgan fingerprint density at radius 2 is 1.74 bits per heavy atom. The first-order chi connectivity index (χ1) is 8.82. The number of hydrogen-bond donors (Lipinski definition) is 2. The average molecular weight is 273 g/mol. The number of rotatable bonds is 11. The minimum Gasteiger partial charge on any atom is -0.481 e. The Kier molecular flexibility index (Phi) is 8.78. The first-order valence-corrected chi connectivity index (χ1v) is 6.49. The summed E-state index contributed by atoms with van der Waals surface area (Å²) in [5, 5.41) is 17.4. The highest BCUT2D eigenvalue weighted by Crippen LogP contribution is 2.05. The molecule has 0 aromatic rings. The van der Waals surface area contributed by atoms with Crippen LogP contribution in [-0.2, 0) is 14.4 Å². The molecule has 0 heterocycles. The lowest BCUT2D eigenvalue weighted by Gasteiger charge is -2.22. The van der Waals surface area contributed by atoms with Crippen molar-refractivity contribution in [2.75, 3.05) is 19.6 Å². The number of carbonyl (C=O) groups excluding carboxylic acids is 1. The molecule has 0 amide bonds. The van der Waals surface area contributed by atoms with E-state index in [4.69, 9.17) is 10.2 Å². The Bertz CT molecular complexity index is 316. The number of carboxylic acid groups (broad SMARTS) is 2. The van der Waals surface area contributed by atoms with Crippen molar-refractivity contribution in [2.24, 2.45) is 5.92 Å². The van der Waals surface area contributed by atoms with Gasteiger partial charge in [-0.1, -0.05) is 13.3 Å². The molecule has 0 bridgehead atoms. The van der Waals surface area contributed by atoms with Gasteiger partial charge in [0.05, 0.1) is 12.5 Å². The Morgan fingerprint density at radius 1 is 1.11 bits per heavy atom. The summed E-state index contributed by atoms with van der Waals surface area (Å²) >= 11 is 0. The largest absolute Gasteiger partial charge is 0.481 e. The Hall–Kier alpha value is -1.43. The molecule has 6 heteroatoms. The zero-order valence-corrected chi connectivity index (χ0v) is 11.6. The van der Waals surface area contributed by atoms with Crippen molar-refractivity contribution < 1.29 is 24.6 Å². The van der Waals surface area contributed by atoms with Gasteiger partial charge in [0.2, 0.25) is 0 Å². The zero-order chi connectivity index (χ0) is 14.8. The molecule has 0 aliphatic carbocycles. The van der Waals surface area contributed by atoms with Crippen molar-refractivity contribution in [2.45, 2.75) is 39.5 Å². The van der Waals surface area contributed by atoms with Crippen LogP contribution in [0.3, 0.4) is 0 Å². The minimum absolute atomic E-state index is 0.00289. The molecule has 0 aliphatic heterocycles. The number of ketones is 1. The highest BCUT2D eigenvalue weighted by atomic mass is 16.4. The van der Waals surface area contributed by atoms with Gasteiger partial charge in [-0.05, 0) is 26.3 Å². The predicted molar refractivity (Wildman–Crippen MR) is 70.0 cm³/mol. The summed E-state index contributed by atoms with van der Waals surface area (Å²) in [5.74, 6) is -2.19. The Balaban J connectivity index is 4.02. The molecular formula is C13H23NO5. The van der Waals surface area contributed by atoms with Gasteiger partial charge in [-0.3, -0.25) is 19.3 Å². The van der Waals surface area contributed by atoms with Crippen molar-refractivity contribution in [1.29, 1.82) is 0 Å². The van der Waals surface area contributed by atoms with Crippen molar-refractivity contribution in [3.63, 3.8) is 0 Å². The molecule has 0 fully saturated rings. The molecule has 0 saturated heterocycles. The molecule has 0 spiro atoms. The molecule has 0 aliphatic rings. The highest BCUT2D eigenvalue weighted by molar-refractivity contribution is 5.77. The van der Waals surface area contributed by atoms with Crippen LogP contribution in [0.25, 0.3) is 0 Å². The van der Waals surface area contributed by atoms with Gasteiger partial charge in [-0.25, -0.2) is 0 Å². The van der Waals surface area contributed by atoms with E-state index >= 15 is 0 Å². The fraction of sp³-hybridized carbons (Fsp3) is 0.769. The summed E-state index contributed by atoms with van der Waals surface area (Å²) in [6.45, 7) is 4.30. The second-order valence-electron chi connectivity index (χ2n) is 4.88. The third-order valence-electron chi connectivity index (χ3n) is 2.76. The first kappa shape index (κ1) is 17.6. The van der Waals surface area contributed by atoms with Crippen molar-refractivity contribution in [3.8, 4) is 0 Å². The Morgan fingerprint density at radius 3 is 2.21 bits per heavy atom. The van der Waals surface area contributed by atoms with Gasteiger partial charge < -0.3 is 10.2 Å². The SMILES string of the molecule is CC(=O)CN(CCCCCC(=O)O)CC(C)C(=O)O. The zero-order valence-electron chi connectivity index (χ0n) is 11.6. The van der Waals surface area contributed by atoms with Crippen molar-refractivity contribution >= 4 is 17.7 Å². The second-order valence-corrected chi connectivity index (χ2v) is 4.88. The first-order valence-electron chi connectivity index (χ1n) is 6.49. The van der Waals surface area contributed by atoms with Gasteiger partial charge in [0.25, 0.3) is 0 Å². The number of carbonyl (C=O) groups is 3. The van der Waals surface area contributed by atoms with Gasteiger partial charge in [0, 0.05) is 13.0 Å². The van der Waals surface area contributed by atoms with Gasteiger partial charge in [0.1, 0.15) is 5.78 Å². The van der Waals surface area contributed by atoms with Crippen LogP contribution in [0.1, 0.15) is 39.5 Å². The van der Waals surface area contributed by atoms with Crippen LogP contribution in [0.4, 0.5) is 0 Å². The van der Waals surface area contributed by atoms with Crippen LogP contribution in [0.2, 0.25) is 0 Å². The van der Waals surface area contributed by atoms with Crippen molar-refractivity contribution in [1.82, 2.24) is 4.90 Å². The number of nitrogens with zero attached hydrogens (tertiary/aromatic N) is 1. The van der Waals surface area contributed by atoms with E-state index in [1.54, 1.807) is 6.92 Å². The predicted octanol–water partition coefficient (Wildman–Crippen LogP) is 1.24. The molecule has 0 aromatic carbocycles. The third-order valence-corrected chi connectivity index (χ3v) is 2.76. The number of hydrogen-bond acceptors (Lipinski definition) is 4. The summed E-state index contributed by atoms with van der Waals surface area (Å²) in [6, 6.07) is 0. The van der Waals surface area contributed by atoms with Gasteiger partial charge in [-0.2, -0.15) is 0 Å². The van der Waals surface area contributed by atoms with Crippen LogP contribution < -0.4 is 0 Å². The molecule has 19 heavy (non-hydrogen) atoms. The molecule has 2 N–H and O–H groups in total. The number of carboxylic acids is 2.